The third-order valence-corrected chi connectivity index (χ3v) is 4.38. The Kier molecular flexibility index (Phi) is 5.90. The van der Waals surface area contributed by atoms with Gasteiger partial charge in [0.1, 0.15) is 0 Å². The minimum atomic E-state index is -0.923. The highest BCUT2D eigenvalue weighted by Crippen LogP contribution is 2.22. The number of carboxylic acid groups (broad SMARTS) is 1. The van der Waals surface area contributed by atoms with E-state index in [4.69, 9.17) is 21.4 Å². The lowest BCUT2D eigenvalue weighted by Crippen LogP contribution is -2.50. The minimum absolute atomic E-state index is 0.0653. The van der Waals surface area contributed by atoms with Gasteiger partial charge in [0, 0.05) is 16.5 Å². The number of nitrogens with zero attached hydrogens (tertiary/aromatic N) is 1. The average Bonchev–Trinajstić information content (AvgIpc) is 2.46. The second kappa shape index (κ2) is 7.68. The fraction of sp³-hybridized carbons (Fsp3) is 0.429. The molecule has 1 aromatic rings. The Morgan fingerprint density at radius 1 is 1.38 bits per heavy atom. The molecule has 0 aliphatic carbocycles. The van der Waals surface area contributed by atoms with Crippen molar-refractivity contribution in [1.82, 2.24) is 4.90 Å². The molecule has 114 valence electrons. The number of halogens is 1. The molecule has 0 radical (unpaired) electrons. The molecule has 1 aliphatic heterocycles. The van der Waals surface area contributed by atoms with E-state index in [9.17, 15) is 9.59 Å². The Bertz CT molecular complexity index is 508. The molecule has 1 amide bonds. The molecule has 21 heavy (non-hydrogen) atoms. The van der Waals surface area contributed by atoms with E-state index in [1.54, 1.807) is 17.0 Å². The Morgan fingerprint density at radius 2 is 2.10 bits per heavy atom. The zero-order valence-electron chi connectivity index (χ0n) is 11.3. The van der Waals surface area contributed by atoms with E-state index in [0.717, 1.165) is 4.90 Å². The second-order valence-electron chi connectivity index (χ2n) is 4.66. The zero-order valence-corrected chi connectivity index (χ0v) is 12.9. The van der Waals surface area contributed by atoms with Crippen molar-refractivity contribution >= 4 is 35.2 Å². The number of carboxylic acids is 1. The summed E-state index contributed by atoms with van der Waals surface area (Å²) >= 11 is 7.22. The van der Waals surface area contributed by atoms with Crippen LogP contribution in [0.25, 0.3) is 0 Å². The Hall–Kier alpha value is -1.24. The van der Waals surface area contributed by atoms with Crippen LogP contribution < -0.4 is 0 Å². The van der Waals surface area contributed by atoms with Crippen LogP contribution in [-0.2, 0) is 14.3 Å². The van der Waals surface area contributed by atoms with Crippen molar-refractivity contribution in [3.05, 3.63) is 29.3 Å². The molecule has 7 heteroatoms. The summed E-state index contributed by atoms with van der Waals surface area (Å²) in [4.78, 5) is 25.7. The number of hydrogen-bond acceptors (Lipinski definition) is 4. The largest absolute Gasteiger partial charge is 0.481 e. The highest BCUT2D eigenvalue weighted by atomic mass is 35.5. The molecule has 0 saturated carbocycles. The summed E-state index contributed by atoms with van der Waals surface area (Å²) < 4.78 is 5.26. The summed E-state index contributed by atoms with van der Waals surface area (Å²) in [6.45, 7) is 1.18. The zero-order chi connectivity index (χ0) is 15.2. The van der Waals surface area contributed by atoms with Crippen molar-refractivity contribution in [3.8, 4) is 0 Å². The van der Waals surface area contributed by atoms with E-state index >= 15 is 0 Å². The van der Waals surface area contributed by atoms with Gasteiger partial charge in [-0.25, -0.2) is 0 Å². The van der Waals surface area contributed by atoms with Gasteiger partial charge in [0.05, 0.1) is 31.4 Å². The van der Waals surface area contributed by atoms with Gasteiger partial charge in [-0.3, -0.25) is 9.59 Å². The molecule has 1 N–H and O–H groups in total. The van der Waals surface area contributed by atoms with Gasteiger partial charge in [-0.15, -0.1) is 11.8 Å². The van der Waals surface area contributed by atoms with Crippen LogP contribution >= 0.6 is 23.4 Å². The Labute approximate surface area is 132 Å². The maximum Gasteiger partial charge on any atom is 0.305 e. The molecule has 2 rings (SSSR count). The minimum Gasteiger partial charge on any atom is -0.481 e. The molecule has 1 aromatic carbocycles. The van der Waals surface area contributed by atoms with Crippen molar-refractivity contribution in [2.45, 2.75) is 17.4 Å². The molecule has 0 aromatic heterocycles. The van der Waals surface area contributed by atoms with Gasteiger partial charge in [0.25, 0.3) is 0 Å². The number of carbonyl (C=O) groups is 2. The van der Waals surface area contributed by atoms with Crippen LogP contribution in [0.4, 0.5) is 0 Å². The van der Waals surface area contributed by atoms with Gasteiger partial charge in [-0.1, -0.05) is 11.6 Å². The van der Waals surface area contributed by atoms with Gasteiger partial charge in [-0.05, 0) is 24.3 Å². The van der Waals surface area contributed by atoms with Crippen LogP contribution in [0.2, 0.25) is 5.02 Å². The highest BCUT2D eigenvalue weighted by molar-refractivity contribution is 8.00. The molecule has 1 atom stereocenters. The van der Waals surface area contributed by atoms with Gasteiger partial charge >= 0.3 is 5.97 Å². The molecule has 1 heterocycles. The van der Waals surface area contributed by atoms with E-state index in [0.29, 0.717) is 18.2 Å². The summed E-state index contributed by atoms with van der Waals surface area (Å²) in [7, 11) is 0. The van der Waals surface area contributed by atoms with E-state index in [1.807, 2.05) is 12.1 Å². The number of benzene rings is 1. The third kappa shape index (κ3) is 4.91. The fourth-order valence-corrected chi connectivity index (χ4v) is 3.02. The maximum absolute atomic E-state index is 12.3. The van der Waals surface area contributed by atoms with Crippen LogP contribution in [-0.4, -0.2) is 53.4 Å². The number of morpholine rings is 1. The number of thioether (sulfide) groups is 1. The lowest BCUT2D eigenvalue weighted by molar-refractivity contribution is -0.144. The molecule has 1 unspecified atom stereocenters. The van der Waals surface area contributed by atoms with E-state index in [2.05, 4.69) is 0 Å². The molecule has 1 saturated heterocycles. The first-order valence-corrected chi connectivity index (χ1v) is 7.90. The van der Waals surface area contributed by atoms with Crippen LogP contribution in [0.3, 0.4) is 0 Å². The molecule has 1 aliphatic rings. The first-order chi connectivity index (χ1) is 10.1. The number of amides is 1. The maximum atomic E-state index is 12.3. The summed E-state index contributed by atoms with van der Waals surface area (Å²) in [6, 6.07) is 6.88. The normalized spacial score (nSPS) is 18.5. The molecule has 5 nitrogen and oxygen atoms in total. The molecule has 0 spiro atoms. The van der Waals surface area contributed by atoms with Crippen LogP contribution in [0, 0.1) is 0 Å². The number of aliphatic carboxylic acids is 1. The van der Waals surface area contributed by atoms with Crippen LogP contribution in [0.5, 0.6) is 0 Å². The van der Waals surface area contributed by atoms with Gasteiger partial charge in [0.2, 0.25) is 5.91 Å². The second-order valence-corrected chi connectivity index (χ2v) is 6.14. The Balaban J connectivity index is 1.91. The number of ether oxygens (including phenoxy) is 1. The number of carbonyl (C=O) groups excluding carboxylic acids is 1. The summed E-state index contributed by atoms with van der Waals surface area (Å²) in [5, 5.41) is 9.54. The molecular formula is C14H16ClNO4S. The topological polar surface area (TPSA) is 66.8 Å². The van der Waals surface area contributed by atoms with Gasteiger partial charge < -0.3 is 14.7 Å². The number of rotatable bonds is 5. The monoisotopic (exact) mass is 329 g/mol. The van der Waals surface area contributed by atoms with Crippen molar-refractivity contribution in [2.75, 3.05) is 25.5 Å². The summed E-state index contributed by atoms with van der Waals surface area (Å²) in [5.74, 6) is -0.712. The van der Waals surface area contributed by atoms with Crippen molar-refractivity contribution in [2.24, 2.45) is 0 Å². The van der Waals surface area contributed by atoms with Gasteiger partial charge in [0.15, 0.2) is 0 Å². The lowest BCUT2D eigenvalue weighted by Gasteiger charge is -2.34. The molecule has 0 bridgehead atoms. The average molecular weight is 330 g/mol. The smallest absolute Gasteiger partial charge is 0.305 e. The van der Waals surface area contributed by atoms with Gasteiger partial charge in [-0.2, -0.15) is 0 Å². The third-order valence-electron chi connectivity index (χ3n) is 3.13. The van der Waals surface area contributed by atoms with E-state index in [1.165, 1.54) is 11.8 Å². The molecular weight excluding hydrogens is 314 g/mol. The lowest BCUT2D eigenvalue weighted by atomic mass is 10.1. The van der Waals surface area contributed by atoms with Crippen molar-refractivity contribution in [1.29, 1.82) is 0 Å². The van der Waals surface area contributed by atoms with Crippen molar-refractivity contribution in [3.63, 3.8) is 0 Å². The first kappa shape index (κ1) is 16.1. The molecule has 1 fully saturated rings. The summed E-state index contributed by atoms with van der Waals surface area (Å²) in [5.41, 5.74) is 0. The fourth-order valence-electron chi connectivity index (χ4n) is 2.11. The predicted molar refractivity (Wildman–Crippen MR) is 80.7 cm³/mol. The predicted octanol–water partition coefficient (Wildman–Crippen LogP) is 2.13. The number of hydrogen-bond donors (Lipinski definition) is 1. The van der Waals surface area contributed by atoms with Crippen LogP contribution in [0.1, 0.15) is 6.42 Å². The van der Waals surface area contributed by atoms with E-state index < -0.39 is 5.97 Å². The SMILES string of the molecule is O=C(O)CC1COCCN1C(=O)CSc1ccc(Cl)cc1. The Morgan fingerprint density at radius 3 is 2.76 bits per heavy atom. The van der Waals surface area contributed by atoms with Crippen LogP contribution in [0.15, 0.2) is 29.2 Å². The standard InChI is InChI=1S/C14H16ClNO4S/c15-10-1-3-12(4-2-10)21-9-13(17)16-5-6-20-8-11(16)7-14(18)19/h1-4,11H,5-9H2,(H,18,19). The highest BCUT2D eigenvalue weighted by Gasteiger charge is 2.28. The quantitative estimate of drug-likeness (QED) is 0.838. The van der Waals surface area contributed by atoms with Crippen molar-refractivity contribution < 1.29 is 19.4 Å². The summed E-state index contributed by atoms with van der Waals surface area (Å²) in [6.07, 6.45) is -0.0860. The van der Waals surface area contributed by atoms with E-state index in [-0.39, 0.29) is 30.7 Å². The first-order valence-electron chi connectivity index (χ1n) is 6.53.